The number of aliphatic hydroxyl groups excluding tert-OH is 2. The fraction of sp³-hybridized carbons (Fsp3) is 0.362. The number of rotatable bonds is 14. The van der Waals surface area contributed by atoms with Gasteiger partial charge in [-0.25, -0.2) is 34.9 Å². The summed E-state index contributed by atoms with van der Waals surface area (Å²) in [5, 5.41) is 52.9. The summed E-state index contributed by atoms with van der Waals surface area (Å²) in [7, 11) is 2.09. The number of likely N-dealkylation sites (N-methyl/N-ethyl adjacent to an activating group) is 1. The van der Waals surface area contributed by atoms with Gasteiger partial charge in [0.15, 0.2) is 5.78 Å². The number of carboxylic acid groups (broad SMARTS) is 1. The summed E-state index contributed by atoms with van der Waals surface area (Å²) < 4.78 is 6.19. The highest BCUT2D eigenvalue weighted by Gasteiger charge is 2.46. The number of aliphatic carboxylic acids is 1. The van der Waals surface area contributed by atoms with Gasteiger partial charge in [0, 0.05) is 106 Å². The van der Waals surface area contributed by atoms with Crippen molar-refractivity contribution in [2.24, 2.45) is 17.6 Å². The molecule has 3 fully saturated rings. The summed E-state index contributed by atoms with van der Waals surface area (Å²) in [6.07, 6.45) is -1.05. The Balaban J connectivity index is 0.861. The number of pyridine rings is 1. The molecule has 9 aromatic rings. The van der Waals surface area contributed by atoms with Gasteiger partial charge in [-0.2, -0.15) is 0 Å². The predicted octanol–water partition coefficient (Wildman–Crippen LogP) is 8.98. The number of nitrogens with two attached hydrogens (primary N) is 1. The predicted molar refractivity (Wildman–Crippen MR) is 380 cm³/mol. The van der Waals surface area contributed by atoms with E-state index in [2.05, 4.69) is 39.4 Å². The fourth-order valence-corrected chi connectivity index (χ4v) is 18.2. The molecule has 8 N–H and O–H groups in total. The summed E-state index contributed by atoms with van der Waals surface area (Å²) in [6.45, 7) is 11.5. The van der Waals surface area contributed by atoms with Gasteiger partial charge >= 0.3 is 5.97 Å². The number of aliphatic hydroxyl groups is 2. The van der Waals surface area contributed by atoms with Crippen LogP contribution < -0.4 is 26.4 Å². The maximum Gasteiger partial charge on any atom is 0.306 e. The lowest BCUT2D eigenvalue weighted by Crippen LogP contribution is -2.50. The van der Waals surface area contributed by atoms with Crippen LogP contribution in [0.3, 0.4) is 0 Å². The summed E-state index contributed by atoms with van der Waals surface area (Å²) in [6, 6.07) is 16.2. The molecule has 4 aliphatic rings. The van der Waals surface area contributed by atoms with E-state index in [9.17, 15) is 44.1 Å². The number of thiazole rings is 6. The second-order valence-electron chi connectivity index (χ2n) is 25.3. The third-order valence-corrected chi connectivity index (χ3v) is 24.1. The fourth-order valence-electron chi connectivity index (χ4n) is 12.8. The quantitative estimate of drug-likeness (QED) is 0.0534. The molecule has 7 atom stereocenters. The smallest absolute Gasteiger partial charge is 0.306 e. The zero-order valence-corrected chi connectivity index (χ0v) is 59.3. The van der Waals surface area contributed by atoms with Gasteiger partial charge in [-0.1, -0.05) is 56.0 Å². The first kappa shape index (κ1) is 69.6. The zero-order chi connectivity index (χ0) is 70.0. The Morgan fingerprint density at radius 1 is 0.720 bits per heavy atom. The Morgan fingerprint density at radius 2 is 1.37 bits per heavy atom. The Labute approximate surface area is 598 Å². The number of aromatic nitrogens is 7. The number of hydrogen-bond acceptors (Lipinski definition) is 25. The highest BCUT2D eigenvalue weighted by molar-refractivity contribution is 7.15. The number of benzene rings is 2. The third kappa shape index (κ3) is 15.4. The SMILES string of the molecule is C=C(COc1ccc(C[C@@H]2NC(=O)c3csc(n3)[C@H]([C@H](O)c3ccccc3)CC(=O)c3nc(sc3C)[C@H](CC(N)=O)NC(=O)c3csc(n3)-c3ccc(-c4nc(C(=O)NC5CCC(C(=O)O)CC5)cs4)nc3-c3csc(n3)-c3csc(n3)[C@@H]3[C@@H](C)[C@@H](O)CN3C2=O)cc1)N1CCN(C)CC1. The van der Waals surface area contributed by atoms with Gasteiger partial charge in [0.2, 0.25) is 11.8 Å². The number of nitrogens with zero attached hydrogens (tertiary/aromatic N) is 10. The standard InChI is InChI=1S/C69H70N14O11S6/c1-34(82-22-20-81(4)21-23-82)28-94-41-16-10-37(11-17-41)24-46-68(91)83-27-53(85)35(2)57(83)67-79-51(33-99-67)65-75-47(29-97-65)56-42(18-19-44(72-56)64-78-48(32-98-64)59(88)71-40-14-12-39(13-15-40)69(92)93)62-76-49(30-95-62)60(89)73-45(26-54(70)86)66-80-55(36(3)100-66)52(84)25-43(58(87)38-8-6-5-7-9-38)63-77-50(31-96-63)61(90)74-46/h5-11,16-19,29-33,35,39-40,43,45-46,53,57-58,85,87H,1,12-15,20-28H2,2-4H3,(H2,70,86)(H,71,88)(H,73,89)(H,74,90)(H,92,93)/t35-,39?,40?,43-,45-,46-,53-,57-,58+/m0/s1. The van der Waals surface area contributed by atoms with Crippen LogP contribution in [0.2, 0.25) is 0 Å². The van der Waals surface area contributed by atoms with E-state index in [0.29, 0.717) is 95.8 Å². The molecule has 1 aliphatic carbocycles. The number of ketones is 1. The highest BCUT2D eigenvalue weighted by Crippen LogP contribution is 2.44. The van der Waals surface area contributed by atoms with E-state index in [0.717, 1.165) is 65.9 Å². The van der Waals surface area contributed by atoms with Crippen molar-refractivity contribution in [2.75, 3.05) is 46.4 Å². The van der Waals surface area contributed by atoms with E-state index in [1.807, 2.05) is 24.4 Å². The van der Waals surface area contributed by atoms with Crippen LogP contribution in [-0.4, -0.2) is 171 Å². The van der Waals surface area contributed by atoms with E-state index in [-0.39, 0.29) is 71.2 Å². The Morgan fingerprint density at radius 3 is 2.11 bits per heavy atom. The number of carbonyl (C=O) groups excluding carboxylic acids is 6. The van der Waals surface area contributed by atoms with Crippen molar-refractivity contribution in [1.82, 2.24) is 65.5 Å². The summed E-state index contributed by atoms with van der Waals surface area (Å²) in [4.78, 5) is 138. The lowest BCUT2D eigenvalue weighted by Gasteiger charge is -2.35. The Hall–Kier alpha value is -8.92. The number of carbonyl (C=O) groups is 7. The Kier molecular flexibility index (Phi) is 20.9. The van der Waals surface area contributed by atoms with E-state index in [1.165, 1.54) is 39.4 Å². The minimum absolute atomic E-state index is 0.00819. The van der Waals surface area contributed by atoms with Crippen LogP contribution in [0.5, 0.6) is 5.75 Å². The van der Waals surface area contributed by atoms with Crippen molar-refractivity contribution in [3.63, 3.8) is 0 Å². The summed E-state index contributed by atoms with van der Waals surface area (Å²) in [5.41, 5.74) is 10.0. The maximum absolute atomic E-state index is 15.6. The average Bonchev–Trinajstić information content (AvgIpc) is 1.61. The monoisotopic (exact) mass is 1460 g/mol. The van der Waals surface area contributed by atoms with Gasteiger partial charge in [0.1, 0.15) is 83.3 Å². The van der Waals surface area contributed by atoms with Crippen molar-refractivity contribution in [1.29, 1.82) is 0 Å². The van der Waals surface area contributed by atoms with Crippen molar-refractivity contribution in [3.8, 4) is 49.1 Å². The number of piperazine rings is 1. The molecule has 2 saturated heterocycles. The number of Topliss-reactive ketones (excluding diaryl/α,β-unsaturated/α-hetero) is 1. The third-order valence-electron chi connectivity index (χ3n) is 18.5. The van der Waals surface area contributed by atoms with Crippen molar-refractivity contribution < 1.29 is 53.6 Å². The van der Waals surface area contributed by atoms with E-state index in [1.54, 1.807) is 82.6 Å². The number of amides is 5. The molecule has 10 bridgehead atoms. The number of fused-ring (bicyclic) bond motifs is 16. The second kappa shape index (κ2) is 30.1. The number of nitrogens with one attached hydrogen (secondary N) is 3. The molecule has 518 valence electrons. The minimum Gasteiger partial charge on any atom is -0.487 e. The van der Waals surface area contributed by atoms with Crippen molar-refractivity contribution >= 4 is 109 Å². The molecule has 10 heterocycles. The highest BCUT2D eigenvalue weighted by atomic mass is 32.1. The molecule has 25 nitrogen and oxygen atoms in total. The lowest BCUT2D eigenvalue weighted by atomic mass is 9.86. The largest absolute Gasteiger partial charge is 0.487 e. The zero-order valence-electron chi connectivity index (χ0n) is 54.4. The number of aryl methyl sites for hydroxylation is 1. The van der Waals surface area contributed by atoms with Crippen LogP contribution >= 0.6 is 68.0 Å². The molecule has 3 aliphatic heterocycles. The lowest BCUT2D eigenvalue weighted by molar-refractivity contribution is -0.143. The van der Waals surface area contributed by atoms with Gasteiger partial charge in [0.25, 0.3) is 17.7 Å². The topological polar surface area (TPSA) is 351 Å². The normalized spacial score (nSPS) is 21.9. The molecule has 0 spiro atoms. The summed E-state index contributed by atoms with van der Waals surface area (Å²) in [5.74, 6) is -5.78. The molecule has 100 heavy (non-hydrogen) atoms. The average molecular weight is 1460 g/mol. The molecule has 0 unspecified atom stereocenters. The van der Waals surface area contributed by atoms with Crippen LogP contribution in [0, 0.1) is 18.8 Å². The van der Waals surface area contributed by atoms with Crippen LogP contribution in [0.1, 0.15) is 143 Å². The minimum atomic E-state index is -1.31. The molecule has 0 radical (unpaired) electrons. The number of hydrogen-bond donors (Lipinski definition) is 7. The van der Waals surface area contributed by atoms with Gasteiger partial charge in [-0.15, -0.1) is 68.0 Å². The van der Waals surface area contributed by atoms with Gasteiger partial charge in [-0.3, -0.25) is 33.6 Å². The van der Waals surface area contributed by atoms with Crippen LogP contribution in [0.25, 0.3) is 43.4 Å². The number of primary amides is 1. The van der Waals surface area contributed by atoms with E-state index >= 15 is 4.79 Å². The molecule has 2 aromatic carbocycles. The summed E-state index contributed by atoms with van der Waals surface area (Å²) >= 11 is 7.08. The van der Waals surface area contributed by atoms with Gasteiger partial charge < -0.3 is 56.4 Å². The van der Waals surface area contributed by atoms with Gasteiger partial charge in [-0.05, 0) is 75.0 Å². The molecule has 5 amide bonds. The van der Waals surface area contributed by atoms with Crippen molar-refractivity contribution in [2.45, 2.75) is 101 Å². The van der Waals surface area contributed by atoms with Crippen LogP contribution in [-0.2, 0) is 20.8 Å². The number of carboxylic acids is 1. The molecule has 13 rings (SSSR count). The van der Waals surface area contributed by atoms with E-state index in [4.69, 9.17) is 45.4 Å². The molecular weight excluding hydrogens is 1390 g/mol. The molecule has 31 heteroatoms. The van der Waals surface area contributed by atoms with Crippen LogP contribution in [0.15, 0.2) is 106 Å². The second-order valence-corrected chi connectivity index (χ2v) is 30.9. The number of ether oxygens (including phenoxy) is 1. The Bertz CT molecular complexity index is 4550. The molecular formula is C69H70N14O11S6. The maximum atomic E-state index is 15.6. The first-order valence-corrected chi connectivity index (χ1v) is 37.7. The van der Waals surface area contributed by atoms with Crippen LogP contribution in [0.4, 0.5) is 0 Å². The van der Waals surface area contributed by atoms with Gasteiger partial charge in [0.05, 0.1) is 47.3 Å². The van der Waals surface area contributed by atoms with E-state index < -0.39 is 89.4 Å². The first-order valence-electron chi connectivity index (χ1n) is 32.5. The first-order chi connectivity index (χ1) is 48.2. The van der Waals surface area contributed by atoms with Crippen molar-refractivity contribution in [3.05, 3.63) is 160 Å². The molecule has 7 aromatic heterocycles. The molecule has 1 saturated carbocycles.